The third-order valence-corrected chi connectivity index (χ3v) is 5.51. The molecule has 1 aliphatic rings. The molecule has 0 amide bonds. The number of hydrogen-bond donors (Lipinski definition) is 1. The van der Waals surface area contributed by atoms with Gasteiger partial charge in [-0.2, -0.15) is 0 Å². The molecule has 0 heterocycles. The van der Waals surface area contributed by atoms with Crippen LogP contribution in [-0.4, -0.2) is 26.9 Å². The first-order chi connectivity index (χ1) is 9.91. The summed E-state index contributed by atoms with van der Waals surface area (Å²) in [5, 5.41) is 5.33. The van der Waals surface area contributed by atoms with Crippen LogP contribution in [0.2, 0.25) is 0 Å². The number of hydrogen-bond acceptors (Lipinski definition) is 3. The Labute approximate surface area is 130 Å². The molecule has 1 aliphatic carbocycles. The van der Waals surface area contributed by atoms with Gasteiger partial charge < -0.3 is 4.74 Å². The second kappa shape index (κ2) is 9.11. The van der Waals surface area contributed by atoms with Crippen LogP contribution in [0.15, 0.2) is 0 Å². The van der Waals surface area contributed by atoms with Crippen LogP contribution in [0.4, 0.5) is 0 Å². The molecule has 0 aromatic carbocycles. The number of rotatable bonds is 9. The van der Waals surface area contributed by atoms with E-state index in [1.54, 1.807) is 0 Å². The summed E-state index contributed by atoms with van der Waals surface area (Å²) in [6, 6.07) is 0. The Bertz CT molecular complexity index is 367. The molecule has 0 spiro atoms. The van der Waals surface area contributed by atoms with Crippen LogP contribution in [0.25, 0.3) is 0 Å². The molecule has 0 aliphatic heterocycles. The number of sulfonamides is 1. The first-order valence-electron chi connectivity index (χ1n) is 8.53. The molecule has 1 saturated carbocycles. The standard InChI is InChI=1S/C16H33NO3S/c1-3-11-16(12-4-2,14-21(17,18)19)13-20-15-9-7-5-6-8-10-15/h15H,3-14H2,1-2H3,(H2,17,18,19). The zero-order valence-electron chi connectivity index (χ0n) is 13.8. The maximum atomic E-state index is 11.6. The van der Waals surface area contributed by atoms with Gasteiger partial charge in [0.05, 0.1) is 18.5 Å². The zero-order chi connectivity index (χ0) is 15.8. The van der Waals surface area contributed by atoms with Gasteiger partial charge >= 0.3 is 0 Å². The van der Waals surface area contributed by atoms with Crippen LogP contribution in [0, 0.1) is 5.41 Å². The average Bonchev–Trinajstić information content (AvgIpc) is 2.63. The van der Waals surface area contributed by atoms with Crippen molar-refractivity contribution in [2.45, 2.75) is 84.2 Å². The lowest BCUT2D eigenvalue weighted by Gasteiger charge is -2.34. The molecule has 0 bridgehead atoms. The lowest BCUT2D eigenvalue weighted by atomic mass is 9.82. The largest absolute Gasteiger partial charge is 0.378 e. The van der Waals surface area contributed by atoms with Crippen molar-refractivity contribution in [1.29, 1.82) is 0 Å². The Morgan fingerprint density at radius 1 is 1.05 bits per heavy atom. The Balaban J connectivity index is 2.69. The van der Waals surface area contributed by atoms with Gasteiger partial charge in [0.15, 0.2) is 0 Å². The fourth-order valence-electron chi connectivity index (χ4n) is 3.65. The van der Waals surface area contributed by atoms with E-state index in [9.17, 15) is 8.42 Å². The van der Waals surface area contributed by atoms with Gasteiger partial charge in [0, 0.05) is 5.41 Å². The molecule has 5 heteroatoms. The van der Waals surface area contributed by atoms with Crippen LogP contribution >= 0.6 is 0 Å². The van der Waals surface area contributed by atoms with Crippen molar-refractivity contribution in [1.82, 2.24) is 0 Å². The zero-order valence-corrected chi connectivity index (χ0v) is 14.6. The minimum atomic E-state index is -3.47. The highest BCUT2D eigenvalue weighted by Crippen LogP contribution is 2.33. The van der Waals surface area contributed by atoms with E-state index in [1.165, 1.54) is 25.7 Å². The highest BCUT2D eigenvalue weighted by Gasteiger charge is 2.34. The summed E-state index contributed by atoms with van der Waals surface area (Å²) in [6.07, 6.45) is 11.2. The SMILES string of the molecule is CCCC(CCC)(COC1CCCCCC1)CS(N)(=O)=O. The molecule has 0 radical (unpaired) electrons. The van der Waals surface area contributed by atoms with Crippen LogP contribution in [0.5, 0.6) is 0 Å². The van der Waals surface area contributed by atoms with Crippen molar-refractivity contribution in [2.24, 2.45) is 10.6 Å². The third kappa shape index (κ3) is 7.61. The molecule has 2 N–H and O–H groups in total. The second-order valence-corrected chi connectivity index (χ2v) is 8.35. The van der Waals surface area contributed by atoms with Crippen LogP contribution < -0.4 is 5.14 Å². The summed E-state index contributed by atoms with van der Waals surface area (Å²) in [5.41, 5.74) is -0.302. The number of nitrogens with two attached hydrogens (primary N) is 1. The van der Waals surface area contributed by atoms with Crippen molar-refractivity contribution >= 4 is 10.0 Å². The smallest absolute Gasteiger partial charge is 0.209 e. The van der Waals surface area contributed by atoms with Gasteiger partial charge in [-0.1, -0.05) is 52.4 Å². The molecule has 1 rings (SSSR count). The summed E-state index contributed by atoms with van der Waals surface area (Å²) in [4.78, 5) is 0. The molecule has 0 aromatic heterocycles. The van der Waals surface area contributed by atoms with Gasteiger partial charge in [-0.25, -0.2) is 13.6 Å². The molecule has 126 valence electrons. The van der Waals surface area contributed by atoms with E-state index in [1.807, 2.05) is 0 Å². The summed E-state index contributed by atoms with van der Waals surface area (Å²) < 4.78 is 29.4. The van der Waals surface area contributed by atoms with E-state index >= 15 is 0 Å². The summed E-state index contributed by atoms with van der Waals surface area (Å²) in [7, 11) is -3.47. The minimum absolute atomic E-state index is 0.0500. The lowest BCUT2D eigenvalue weighted by molar-refractivity contribution is -0.0156. The Kier molecular flexibility index (Phi) is 8.21. The predicted octanol–water partition coefficient (Wildman–Crippen LogP) is 3.60. The molecule has 0 atom stereocenters. The van der Waals surface area contributed by atoms with Crippen LogP contribution in [0.3, 0.4) is 0 Å². The van der Waals surface area contributed by atoms with E-state index < -0.39 is 10.0 Å². The van der Waals surface area contributed by atoms with Gasteiger partial charge in [-0.05, 0) is 25.7 Å². The van der Waals surface area contributed by atoms with Crippen molar-refractivity contribution in [3.63, 3.8) is 0 Å². The van der Waals surface area contributed by atoms with Gasteiger partial charge in [0.25, 0.3) is 0 Å². The first-order valence-corrected chi connectivity index (χ1v) is 10.2. The Morgan fingerprint density at radius 3 is 2.00 bits per heavy atom. The normalized spacial score (nSPS) is 18.6. The summed E-state index contributed by atoms with van der Waals surface area (Å²) >= 11 is 0. The van der Waals surface area contributed by atoms with Gasteiger partial charge in [-0.3, -0.25) is 0 Å². The first kappa shape index (κ1) is 18.9. The summed E-state index contributed by atoms with van der Waals surface area (Å²) in [6.45, 7) is 4.73. The molecule has 21 heavy (non-hydrogen) atoms. The highest BCUT2D eigenvalue weighted by atomic mass is 32.2. The molecule has 1 fully saturated rings. The second-order valence-electron chi connectivity index (χ2n) is 6.73. The van der Waals surface area contributed by atoms with E-state index in [4.69, 9.17) is 9.88 Å². The molecule has 4 nitrogen and oxygen atoms in total. The van der Waals surface area contributed by atoms with Crippen LogP contribution in [-0.2, 0) is 14.8 Å². The van der Waals surface area contributed by atoms with E-state index in [0.29, 0.717) is 12.7 Å². The average molecular weight is 320 g/mol. The molecule has 0 saturated heterocycles. The van der Waals surface area contributed by atoms with Crippen molar-refractivity contribution in [2.75, 3.05) is 12.4 Å². The molecular formula is C16H33NO3S. The third-order valence-electron chi connectivity index (χ3n) is 4.50. The van der Waals surface area contributed by atoms with Gasteiger partial charge in [0.1, 0.15) is 0 Å². The maximum absolute atomic E-state index is 11.6. The van der Waals surface area contributed by atoms with E-state index in [2.05, 4.69) is 13.8 Å². The lowest BCUT2D eigenvalue weighted by Crippen LogP contribution is -2.38. The van der Waals surface area contributed by atoms with Crippen molar-refractivity contribution < 1.29 is 13.2 Å². The monoisotopic (exact) mass is 319 g/mol. The quantitative estimate of drug-likeness (QED) is 0.660. The predicted molar refractivity (Wildman–Crippen MR) is 87.7 cm³/mol. The number of primary sulfonamides is 1. The molecular weight excluding hydrogens is 286 g/mol. The van der Waals surface area contributed by atoms with Crippen molar-refractivity contribution in [3.8, 4) is 0 Å². The van der Waals surface area contributed by atoms with Gasteiger partial charge in [0.2, 0.25) is 10.0 Å². The number of ether oxygens (including phenoxy) is 1. The van der Waals surface area contributed by atoms with Gasteiger partial charge in [-0.15, -0.1) is 0 Å². The topological polar surface area (TPSA) is 69.4 Å². The molecule has 0 unspecified atom stereocenters. The van der Waals surface area contributed by atoms with Crippen LogP contribution in [0.1, 0.15) is 78.1 Å². The summed E-state index contributed by atoms with van der Waals surface area (Å²) in [5.74, 6) is 0.0500. The Hall–Kier alpha value is -0.130. The fourth-order valence-corrected chi connectivity index (χ4v) is 4.87. The van der Waals surface area contributed by atoms with E-state index in [0.717, 1.165) is 38.5 Å². The van der Waals surface area contributed by atoms with Crippen molar-refractivity contribution in [3.05, 3.63) is 0 Å². The minimum Gasteiger partial charge on any atom is -0.378 e. The Morgan fingerprint density at radius 2 is 1.57 bits per heavy atom. The van der Waals surface area contributed by atoms with E-state index in [-0.39, 0.29) is 11.2 Å². The molecule has 0 aromatic rings. The maximum Gasteiger partial charge on any atom is 0.209 e. The fraction of sp³-hybridized carbons (Fsp3) is 1.00. The highest BCUT2D eigenvalue weighted by molar-refractivity contribution is 7.89.